The Morgan fingerprint density at radius 1 is 1.15 bits per heavy atom. The molecule has 2 aromatic carbocycles. The highest BCUT2D eigenvalue weighted by Gasteiger charge is 2.10. The fourth-order valence-corrected chi connectivity index (χ4v) is 1.85. The van der Waals surface area contributed by atoms with Crippen LogP contribution in [0.4, 0.5) is 0 Å². The van der Waals surface area contributed by atoms with Gasteiger partial charge in [-0.25, -0.2) is 4.79 Å². The maximum absolute atomic E-state index is 11.4. The third-order valence-corrected chi connectivity index (χ3v) is 2.83. The van der Waals surface area contributed by atoms with Crippen LogP contribution in [-0.4, -0.2) is 23.3 Å². The summed E-state index contributed by atoms with van der Waals surface area (Å²) in [6.45, 7) is 0. The molecule has 102 valence electrons. The molecule has 0 aliphatic carbocycles. The van der Waals surface area contributed by atoms with Gasteiger partial charge >= 0.3 is 5.97 Å². The van der Waals surface area contributed by atoms with Crippen LogP contribution in [0.5, 0.6) is 11.5 Å². The van der Waals surface area contributed by atoms with Gasteiger partial charge in [-0.05, 0) is 29.3 Å². The molecule has 0 unspecified atom stereocenters. The molecule has 4 nitrogen and oxygen atoms in total. The first-order valence-electron chi connectivity index (χ1n) is 5.99. The van der Waals surface area contributed by atoms with Gasteiger partial charge in [-0.3, -0.25) is 0 Å². The van der Waals surface area contributed by atoms with Crippen molar-refractivity contribution in [1.29, 1.82) is 0 Å². The zero-order chi connectivity index (χ0) is 14.5. The van der Waals surface area contributed by atoms with Crippen LogP contribution in [0.3, 0.4) is 0 Å². The van der Waals surface area contributed by atoms with Crippen molar-refractivity contribution in [3.63, 3.8) is 0 Å². The van der Waals surface area contributed by atoms with E-state index in [0.717, 1.165) is 0 Å². The number of aliphatic carboxylic acids is 1. The first-order valence-corrected chi connectivity index (χ1v) is 5.99. The number of hydrogen-bond donors (Lipinski definition) is 2. The van der Waals surface area contributed by atoms with Crippen molar-refractivity contribution in [3.05, 3.63) is 59.7 Å². The Bertz CT molecular complexity index is 645. The van der Waals surface area contributed by atoms with Crippen LogP contribution in [0, 0.1) is 0 Å². The van der Waals surface area contributed by atoms with Crippen LogP contribution in [0.2, 0.25) is 0 Å². The van der Waals surface area contributed by atoms with Crippen molar-refractivity contribution in [1.82, 2.24) is 0 Å². The summed E-state index contributed by atoms with van der Waals surface area (Å²) in [6, 6.07) is 13.6. The molecule has 4 heteroatoms. The van der Waals surface area contributed by atoms with E-state index in [-0.39, 0.29) is 11.3 Å². The zero-order valence-corrected chi connectivity index (χ0v) is 10.9. The largest absolute Gasteiger partial charge is 0.504 e. The maximum atomic E-state index is 11.4. The highest BCUT2D eigenvalue weighted by atomic mass is 16.5. The van der Waals surface area contributed by atoms with E-state index in [1.807, 2.05) is 6.07 Å². The summed E-state index contributed by atoms with van der Waals surface area (Å²) in [7, 11) is 1.46. The second kappa shape index (κ2) is 5.93. The molecule has 0 saturated carbocycles. The molecular formula is C16H14O4. The van der Waals surface area contributed by atoms with Crippen molar-refractivity contribution in [2.45, 2.75) is 0 Å². The van der Waals surface area contributed by atoms with Gasteiger partial charge in [-0.15, -0.1) is 0 Å². The van der Waals surface area contributed by atoms with Crippen molar-refractivity contribution >= 4 is 17.6 Å². The number of ether oxygens (including phenoxy) is 1. The van der Waals surface area contributed by atoms with Crippen LogP contribution in [-0.2, 0) is 4.79 Å². The van der Waals surface area contributed by atoms with Gasteiger partial charge in [0.05, 0.1) is 12.7 Å². The molecule has 0 spiro atoms. The number of phenols is 1. The summed E-state index contributed by atoms with van der Waals surface area (Å²) < 4.78 is 4.95. The first-order chi connectivity index (χ1) is 9.61. The normalized spacial score (nSPS) is 11.2. The number of carboxylic acids is 1. The topological polar surface area (TPSA) is 66.8 Å². The van der Waals surface area contributed by atoms with E-state index in [1.165, 1.54) is 19.3 Å². The molecule has 2 aromatic rings. The summed E-state index contributed by atoms with van der Waals surface area (Å²) in [5.74, 6) is -0.704. The Kier molecular flexibility index (Phi) is 4.05. The molecule has 0 bridgehead atoms. The Labute approximate surface area is 116 Å². The Balaban J connectivity index is 2.45. The lowest BCUT2D eigenvalue weighted by Crippen LogP contribution is -1.99. The van der Waals surface area contributed by atoms with E-state index in [0.29, 0.717) is 16.9 Å². The van der Waals surface area contributed by atoms with Crippen LogP contribution < -0.4 is 4.74 Å². The predicted octanol–water partition coefficient (Wildman–Crippen LogP) is 3.03. The van der Waals surface area contributed by atoms with E-state index < -0.39 is 5.97 Å². The molecule has 0 aromatic heterocycles. The van der Waals surface area contributed by atoms with Crippen LogP contribution >= 0.6 is 0 Å². The number of hydrogen-bond acceptors (Lipinski definition) is 3. The van der Waals surface area contributed by atoms with E-state index in [2.05, 4.69) is 0 Å². The number of aromatic hydroxyl groups is 1. The van der Waals surface area contributed by atoms with E-state index in [4.69, 9.17) is 4.74 Å². The average Bonchev–Trinajstić information content (AvgIpc) is 2.45. The molecule has 0 saturated heterocycles. The minimum absolute atomic E-state index is 0.0287. The van der Waals surface area contributed by atoms with E-state index >= 15 is 0 Å². The number of rotatable bonds is 4. The lowest BCUT2D eigenvalue weighted by molar-refractivity contribution is -0.130. The van der Waals surface area contributed by atoms with E-state index in [1.54, 1.807) is 36.4 Å². The number of carbonyl (C=O) groups is 1. The first kappa shape index (κ1) is 13.7. The number of benzene rings is 2. The van der Waals surface area contributed by atoms with Gasteiger partial charge in [0, 0.05) is 0 Å². The molecule has 0 atom stereocenters. The molecule has 20 heavy (non-hydrogen) atoms. The Morgan fingerprint density at radius 3 is 2.40 bits per heavy atom. The third kappa shape index (κ3) is 2.98. The van der Waals surface area contributed by atoms with Gasteiger partial charge in [0.1, 0.15) is 0 Å². The van der Waals surface area contributed by atoms with Gasteiger partial charge < -0.3 is 14.9 Å². The smallest absolute Gasteiger partial charge is 0.336 e. The second-order valence-corrected chi connectivity index (χ2v) is 4.16. The molecular weight excluding hydrogens is 256 g/mol. The third-order valence-electron chi connectivity index (χ3n) is 2.83. The zero-order valence-electron chi connectivity index (χ0n) is 10.9. The Hall–Kier alpha value is -2.75. The maximum Gasteiger partial charge on any atom is 0.336 e. The quantitative estimate of drug-likeness (QED) is 0.662. The van der Waals surface area contributed by atoms with Gasteiger partial charge in [0.15, 0.2) is 11.5 Å². The van der Waals surface area contributed by atoms with Crippen molar-refractivity contribution in [2.24, 2.45) is 0 Å². The highest BCUT2D eigenvalue weighted by molar-refractivity contribution is 6.20. The molecule has 2 N–H and O–H groups in total. The van der Waals surface area contributed by atoms with Crippen molar-refractivity contribution in [3.8, 4) is 11.5 Å². The van der Waals surface area contributed by atoms with Crippen LogP contribution in [0.1, 0.15) is 11.1 Å². The fraction of sp³-hybridized carbons (Fsp3) is 0.0625. The predicted molar refractivity (Wildman–Crippen MR) is 76.6 cm³/mol. The number of methoxy groups -OCH3 is 1. The molecule has 0 aliphatic rings. The lowest BCUT2D eigenvalue weighted by Gasteiger charge is -2.06. The summed E-state index contributed by atoms with van der Waals surface area (Å²) in [4.78, 5) is 11.4. The molecule has 0 fully saturated rings. The number of carboxylic acid groups (broad SMARTS) is 1. The Morgan fingerprint density at radius 2 is 1.85 bits per heavy atom. The minimum atomic E-state index is -1.02. The van der Waals surface area contributed by atoms with Crippen molar-refractivity contribution in [2.75, 3.05) is 7.11 Å². The molecule has 0 radical (unpaired) electrons. The minimum Gasteiger partial charge on any atom is -0.504 e. The lowest BCUT2D eigenvalue weighted by atomic mass is 10.0. The van der Waals surface area contributed by atoms with Crippen molar-refractivity contribution < 1.29 is 19.7 Å². The standard InChI is InChI=1S/C16H14O4/c1-20-15-8-7-11(10-14(15)17)9-13(16(18)19)12-5-3-2-4-6-12/h2-10,17H,1H3,(H,18,19)/b13-9-. The molecule has 2 rings (SSSR count). The molecule has 0 amide bonds. The number of phenolic OH excluding ortho intramolecular Hbond substituents is 1. The summed E-state index contributed by atoms with van der Waals surface area (Å²) in [6.07, 6.45) is 1.51. The summed E-state index contributed by atoms with van der Waals surface area (Å²) in [5.41, 5.74) is 1.36. The van der Waals surface area contributed by atoms with Gasteiger partial charge in [-0.1, -0.05) is 36.4 Å². The second-order valence-electron chi connectivity index (χ2n) is 4.16. The summed E-state index contributed by atoms with van der Waals surface area (Å²) >= 11 is 0. The molecule has 0 aliphatic heterocycles. The van der Waals surface area contributed by atoms with Gasteiger partial charge in [0.25, 0.3) is 0 Å². The van der Waals surface area contributed by atoms with Gasteiger partial charge in [0.2, 0.25) is 0 Å². The summed E-state index contributed by atoms with van der Waals surface area (Å²) in [5, 5.41) is 19.0. The van der Waals surface area contributed by atoms with Gasteiger partial charge in [-0.2, -0.15) is 0 Å². The van der Waals surface area contributed by atoms with Crippen LogP contribution in [0.15, 0.2) is 48.5 Å². The molecule has 0 heterocycles. The fourth-order valence-electron chi connectivity index (χ4n) is 1.85. The monoisotopic (exact) mass is 270 g/mol. The highest BCUT2D eigenvalue weighted by Crippen LogP contribution is 2.28. The van der Waals surface area contributed by atoms with E-state index in [9.17, 15) is 15.0 Å². The average molecular weight is 270 g/mol. The SMILES string of the molecule is COc1ccc(/C=C(\C(=O)O)c2ccccc2)cc1O. The van der Waals surface area contributed by atoms with Crippen LogP contribution in [0.25, 0.3) is 11.6 Å².